The molecule has 214 valence electrons. The number of aromatic hydroxyl groups is 1. The summed E-state index contributed by atoms with van der Waals surface area (Å²) in [6, 6.07) is 10.2. The third-order valence-corrected chi connectivity index (χ3v) is 8.85. The Morgan fingerprint density at radius 1 is 1.25 bits per heavy atom. The van der Waals surface area contributed by atoms with Gasteiger partial charge in [0.25, 0.3) is 5.69 Å². The van der Waals surface area contributed by atoms with Crippen LogP contribution in [0.3, 0.4) is 0 Å². The van der Waals surface area contributed by atoms with Gasteiger partial charge in [-0.15, -0.1) is 0 Å². The molecule has 5 rings (SSSR count). The highest BCUT2D eigenvalue weighted by molar-refractivity contribution is 5.91. The lowest BCUT2D eigenvalue weighted by molar-refractivity contribution is -0.385. The zero-order chi connectivity index (χ0) is 28.4. The fraction of sp³-hybridized carbons (Fsp3) is 0.516. The second-order valence-corrected chi connectivity index (χ2v) is 11.7. The summed E-state index contributed by atoms with van der Waals surface area (Å²) in [5, 5.41) is 37.9. The van der Waals surface area contributed by atoms with Crippen LogP contribution in [0.1, 0.15) is 55.2 Å². The number of likely N-dealkylation sites (N-methyl/N-ethyl adjacent to an activating group) is 1. The lowest BCUT2D eigenvalue weighted by atomic mass is 9.67. The number of aryl methyl sites for hydroxylation is 2. The topological polar surface area (TPSA) is 125 Å². The van der Waals surface area contributed by atoms with Gasteiger partial charge < -0.3 is 25.2 Å². The molecule has 9 nitrogen and oxygen atoms in total. The summed E-state index contributed by atoms with van der Waals surface area (Å²) in [7, 11) is 1.75. The molecule has 1 amide bonds. The number of hydrogen-bond donors (Lipinski definition) is 3. The molecule has 0 saturated heterocycles. The number of nitrogens with zero attached hydrogens (tertiary/aromatic N) is 2. The molecule has 1 heterocycles. The Hall–Kier alpha value is -3.43. The van der Waals surface area contributed by atoms with E-state index in [1.54, 1.807) is 24.1 Å². The average Bonchev–Trinajstić information content (AvgIpc) is 3.74. The molecule has 2 saturated carbocycles. The van der Waals surface area contributed by atoms with Gasteiger partial charge in [0.2, 0.25) is 5.91 Å². The normalized spacial score (nSPS) is 25.9. The summed E-state index contributed by atoms with van der Waals surface area (Å²) in [6.45, 7) is 3.63. The molecule has 2 aromatic rings. The van der Waals surface area contributed by atoms with Crippen LogP contribution in [0.4, 0.5) is 5.69 Å². The summed E-state index contributed by atoms with van der Waals surface area (Å²) in [5.74, 6) is 0.0225. The predicted molar refractivity (Wildman–Crippen MR) is 152 cm³/mol. The Morgan fingerprint density at radius 3 is 2.77 bits per heavy atom. The number of phenols is 1. The summed E-state index contributed by atoms with van der Waals surface area (Å²) < 4.78 is 6.46. The summed E-state index contributed by atoms with van der Waals surface area (Å²) in [6.07, 6.45) is 7.42. The number of carbonyl (C=O) groups is 1. The number of aliphatic hydroxyl groups is 1. The van der Waals surface area contributed by atoms with Gasteiger partial charge in [0.15, 0.2) is 11.5 Å². The number of benzene rings is 2. The Balaban J connectivity index is 1.44. The fourth-order valence-corrected chi connectivity index (χ4v) is 6.31. The van der Waals surface area contributed by atoms with Crippen LogP contribution in [0.25, 0.3) is 6.08 Å². The van der Waals surface area contributed by atoms with E-state index < -0.39 is 16.6 Å². The van der Waals surface area contributed by atoms with Crippen molar-refractivity contribution < 1.29 is 24.7 Å². The maximum atomic E-state index is 13.4. The van der Waals surface area contributed by atoms with E-state index >= 15 is 0 Å². The molecule has 3 aliphatic rings. The zero-order valence-electron chi connectivity index (χ0n) is 23.2. The van der Waals surface area contributed by atoms with Crippen LogP contribution in [0.15, 0.2) is 42.5 Å². The van der Waals surface area contributed by atoms with E-state index in [-0.39, 0.29) is 35.1 Å². The number of carbonyl (C=O) groups excluding carboxylic acids is 1. The molecule has 0 radical (unpaired) electrons. The first-order valence-electron chi connectivity index (χ1n) is 14.3. The van der Waals surface area contributed by atoms with Crippen molar-refractivity contribution in [3.63, 3.8) is 0 Å². The van der Waals surface area contributed by atoms with Crippen molar-refractivity contribution in [1.29, 1.82) is 0 Å². The van der Waals surface area contributed by atoms with Crippen molar-refractivity contribution in [3.8, 4) is 11.5 Å². The summed E-state index contributed by atoms with van der Waals surface area (Å²) >= 11 is 0. The van der Waals surface area contributed by atoms with Crippen LogP contribution in [-0.4, -0.2) is 63.8 Å². The molecule has 3 unspecified atom stereocenters. The van der Waals surface area contributed by atoms with Crippen molar-refractivity contribution in [1.82, 2.24) is 10.2 Å². The van der Waals surface area contributed by atoms with Gasteiger partial charge in [0.1, 0.15) is 6.10 Å². The molecule has 2 aromatic carbocycles. The molecule has 9 heteroatoms. The van der Waals surface area contributed by atoms with Gasteiger partial charge in [0.05, 0.1) is 22.6 Å². The minimum atomic E-state index is -1.13. The van der Waals surface area contributed by atoms with Crippen LogP contribution in [-0.2, 0) is 11.2 Å². The first kappa shape index (κ1) is 28.1. The van der Waals surface area contributed by atoms with Gasteiger partial charge in [0, 0.05) is 24.6 Å². The van der Waals surface area contributed by atoms with E-state index in [9.17, 15) is 25.1 Å². The number of rotatable bonds is 9. The quantitative estimate of drug-likeness (QED) is 0.184. The van der Waals surface area contributed by atoms with Crippen molar-refractivity contribution in [2.75, 3.05) is 20.1 Å². The molecular weight excluding hydrogens is 510 g/mol. The molecule has 1 aliphatic heterocycles. The van der Waals surface area contributed by atoms with E-state index in [0.717, 1.165) is 29.7 Å². The number of nitrogens with one attached hydrogen (secondary N) is 1. The monoisotopic (exact) mass is 549 g/mol. The van der Waals surface area contributed by atoms with E-state index in [1.807, 2.05) is 31.2 Å². The SMILES string of the molecule is Cc1cccc(/C=C/C(=O)N(C)C2CCC3(O)CCc4cc(c(O)cc4[N+](=O)[O-])O[C@@H]2C3CCNCC2CC2)c1. The lowest BCUT2D eigenvalue weighted by Crippen LogP contribution is -2.60. The second kappa shape index (κ2) is 11.6. The maximum absolute atomic E-state index is 13.4. The van der Waals surface area contributed by atoms with E-state index in [0.29, 0.717) is 44.2 Å². The summed E-state index contributed by atoms with van der Waals surface area (Å²) in [4.78, 5) is 26.2. The Labute approximate surface area is 235 Å². The Kier molecular flexibility index (Phi) is 8.14. The first-order chi connectivity index (χ1) is 19.1. The molecule has 2 aliphatic carbocycles. The number of hydrogen-bond acceptors (Lipinski definition) is 7. The third-order valence-electron chi connectivity index (χ3n) is 8.85. The molecule has 40 heavy (non-hydrogen) atoms. The van der Waals surface area contributed by atoms with Crippen molar-refractivity contribution >= 4 is 17.7 Å². The van der Waals surface area contributed by atoms with E-state index in [1.165, 1.54) is 18.9 Å². The number of amides is 1. The van der Waals surface area contributed by atoms with E-state index in [2.05, 4.69) is 5.32 Å². The number of fused-ring (bicyclic) bond motifs is 4. The van der Waals surface area contributed by atoms with Gasteiger partial charge >= 0.3 is 0 Å². The van der Waals surface area contributed by atoms with Gasteiger partial charge in [-0.1, -0.05) is 29.8 Å². The fourth-order valence-electron chi connectivity index (χ4n) is 6.31. The van der Waals surface area contributed by atoms with Gasteiger partial charge in [-0.2, -0.15) is 0 Å². The standard InChI is InChI=1S/C31H39N3O6/c1-20-4-3-5-21(16-20)8-9-29(36)33(2)25-11-14-31(37)13-10-23-17-28(27(35)18-26(23)34(38)39)40-30(25)24(31)12-15-32-19-22-6-7-22/h3-5,8-9,16-18,22,24-25,30,32,35,37H,6-7,10-15,19H2,1-2H3/b9-8+/t24?,25?,30-,31?/m1/s1. The van der Waals surface area contributed by atoms with Crippen molar-refractivity contribution in [2.24, 2.45) is 11.8 Å². The van der Waals surface area contributed by atoms with Crippen LogP contribution in [0.5, 0.6) is 11.5 Å². The number of ether oxygens (including phenoxy) is 1. The number of nitro benzene ring substituents is 1. The van der Waals surface area contributed by atoms with Crippen LogP contribution < -0.4 is 10.1 Å². The third kappa shape index (κ3) is 6.15. The molecule has 0 aromatic heterocycles. The van der Waals surface area contributed by atoms with Gasteiger partial charge in [-0.3, -0.25) is 14.9 Å². The zero-order valence-corrected chi connectivity index (χ0v) is 23.2. The van der Waals surface area contributed by atoms with Gasteiger partial charge in [-0.25, -0.2) is 0 Å². The van der Waals surface area contributed by atoms with E-state index in [4.69, 9.17) is 4.74 Å². The minimum Gasteiger partial charge on any atom is -0.504 e. The maximum Gasteiger partial charge on any atom is 0.276 e. The minimum absolute atomic E-state index is 0.147. The highest BCUT2D eigenvalue weighted by Crippen LogP contribution is 2.46. The molecule has 3 N–H and O–H groups in total. The predicted octanol–water partition coefficient (Wildman–Crippen LogP) is 4.37. The summed E-state index contributed by atoms with van der Waals surface area (Å²) in [5.41, 5.74) is 1.15. The smallest absolute Gasteiger partial charge is 0.276 e. The van der Waals surface area contributed by atoms with Crippen LogP contribution in [0, 0.1) is 28.9 Å². The highest BCUT2D eigenvalue weighted by atomic mass is 16.6. The molecule has 4 atom stereocenters. The molecular formula is C31H39N3O6. The molecule has 4 bridgehead atoms. The van der Waals surface area contributed by atoms with Gasteiger partial charge in [-0.05, 0) is 88.6 Å². The van der Waals surface area contributed by atoms with Crippen molar-refractivity contribution in [3.05, 3.63) is 69.3 Å². The average molecular weight is 550 g/mol. The lowest BCUT2D eigenvalue weighted by Gasteiger charge is -2.50. The van der Waals surface area contributed by atoms with Crippen molar-refractivity contribution in [2.45, 2.75) is 69.6 Å². The second-order valence-electron chi connectivity index (χ2n) is 11.7. The Bertz CT molecular complexity index is 1290. The highest BCUT2D eigenvalue weighted by Gasteiger charge is 2.51. The Morgan fingerprint density at radius 2 is 2.05 bits per heavy atom. The largest absolute Gasteiger partial charge is 0.504 e. The molecule has 0 spiro atoms. The molecule has 2 fully saturated rings. The first-order valence-corrected chi connectivity index (χ1v) is 14.3. The van der Waals surface area contributed by atoms with Crippen LogP contribution >= 0.6 is 0 Å². The number of nitro groups is 1. The van der Waals surface area contributed by atoms with Crippen LogP contribution in [0.2, 0.25) is 0 Å². The number of phenolic OH excluding ortho intramolecular Hbond substituents is 1.